The van der Waals surface area contributed by atoms with E-state index in [1.807, 2.05) is 32.0 Å². The topological polar surface area (TPSA) is 32.3 Å². The fourth-order valence-corrected chi connectivity index (χ4v) is 2.15. The molecule has 0 saturated carbocycles. The maximum Gasteiger partial charge on any atom is 0.127 e. The Morgan fingerprint density at radius 3 is 2.21 bits per heavy atom. The monoisotopic (exact) mass is 259 g/mol. The zero-order valence-electron chi connectivity index (χ0n) is 11.1. The predicted molar refractivity (Wildman–Crippen MR) is 74.5 cm³/mol. The zero-order chi connectivity index (χ0) is 13.8. The molecule has 2 aromatic rings. The van der Waals surface area contributed by atoms with Crippen molar-refractivity contribution in [1.82, 2.24) is 5.32 Å². The van der Waals surface area contributed by atoms with Crippen LogP contribution in [0.4, 0.5) is 4.39 Å². The highest BCUT2D eigenvalue weighted by atomic mass is 19.1. The molecule has 1 unspecified atom stereocenters. The van der Waals surface area contributed by atoms with E-state index in [0.29, 0.717) is 5.56 Å². The summed E-state index contributed by atoms with van der Waals surface area (Å²) in [7, 11) is 0. The molecule has 2 N–H and O–H groups in total. The number of halogens is 1. The highest BCUT2D eigenvalue weighted by Gasteiger charge is 2.13. The molecule has 3 heteroatoms. The molecule has 100 valence electrons. The number of nitrogens with one attached hydrogen (secondary N) is 1. The Labute approximate surface area is 112 Å². The van der Waals surface area contributed by atoms with Crippen LogP contribution in [0.2, 0.25) is 0 Å². The second-order valence-electron chi connectivity index (χ2n) is 4.72. The average molecular weight is 259 g/mol. The Bertz CT molecular complexity index is 539. The summed E-state index contributed by atoms with van der Waals surface area (Å²) in [6.45, 7) is 3.96. The fraction of sp³-hybridized carbons (Fsp3) is 0.250. The third kappa shape index (κ3) is 3.32. The van der Waals surface area contributed by atoms with Gasteiger partial charge in [-0.15, -0.1) is 0 Å². The van der Waals surface area contributed by atoms with Crippen molar-refractivity contribution in [3.05, 3.63) is 65.5 Å². The molecule has 0 aliphatic heterocycles. The fourth-order valence-electron chi connectivity index (χ4n) is 2.15. The van der Waals surface area contributed by atoms with Gasteiger partial charge in [0.05, 0.1) is 0 Å². The minimum atomic E-state index is -0.194. The van der Waals surface area contributed by atoms with Crippen molar-refractivity contribution in [2.24, 2.45) is 0 Å². The van der Waals surface area contributed by atoms with Gasteiger partial charge >= 0.3 is 0 Å². The maximum absolute atomic E-state index is 13.7. The summed E-state index contributed by atoms with van der Waals surface area (Å²) in [6.07, 6.45) is 0. The van der Waals surface area contributed by atoms with E-state index in [2.05, 4.69) is 5.32 Å². The van der Waals surface area contributed by atoms with Crippen LogP contribution < -0.4 is 5.32 Å². The van der Waals surface area contributed by atoms with Gasteiger partial charge in [0.15, 0.2) is 0 Å². The largest absolute Gasteiger partial charge is 0.508 e. The van der Waals surface area contributed by atoms with Gasteiger partial charge in [0.25, 0.3) is 0 Å². The summed E-state index contributed by atoms with van der Waals surface area (Å²) in [5.74, 6) is 0.0542. The molecule has 0 saturated heterocycles. The lowest BCUT2D eigenvalue weighted by Crippen LogP contribution is -2.23. The molecule has 2 aromatic carbocycles. The van der Waals surface area contributed by atoms with Crippen molar-refractivity contribution < 1.29 is 9.50 Å². The standard InChI is InChI=1S/C16H18FNO/c1-11(13-7-9-14(19)10-8-13)18-12(2)15-5-3-4-6-16(15)17/h3-12,18-19H,1-2H3/t11?,12-/m1/s1. The predicted octanol–water partition coefficient (Wildman–Crippen LogP) is 3.94. The molecule has 19 heavy (non-hydrogen) atoms. The molecular weight excluding hydrogens is 241 g/mol. The van der Waals surface area contributed by atoms with Gasteiger partial charge in [-0.1, -0.05) is 30.3 Å². The molecule has 0 fully saturated rings. The Morgan fingerprint density at radius 1 is 0.947 bits per heavy atom. The molecule has 0 bridgehead atoms. The van der Waals surface area contributed by atoms with E-state index in [0.717, 1.165) is 5.56 Å². The van der Waals surface area contributed by atoms with E-state index in [1.165, 1.54) is 6.07 Å². The Balaban J connectivity index is 2.08. The highest BCUT2D eigenvalue weighted by Crippen LogP contribution is 2.22. The van der Waals surface area contributed by atoms with E-state index in [1.54, 1.807) is 24.3 Å². The Kier molecular flexibility index (Phi) is 4.17. The first-order valence-corrected chi connectivity index (χ1v) is 6.37. The number of aromatic hydroxyl groups is 1. The summed E-state index contributed by atoms with van der Waals surface area (Å²) in [4.78, 5) is 0. The van der Waals surface area contributed by atoms with Crippen LogP contribution in [0.5, 0.6) is 5.75 Å². The average Bonchev–Trinajstić information content (AvgIpc) is 2.39. The van der Waals surface area contributed by atoms with Crippen LogP contribution in [0.25, 0.3) is 0 Å². The number of hydrogen-bond acceptors (Lipinski definition) is 2. The number of phenols is 1. The molecule has 0 spiro atoms. The van der Waals surface area contributed by atoms with E-state index in [4.69, 9.17) is 0 Å². The van der Waals surface area contributed by atoms with Crippen molar-refractivity contribution in [3.8, 4) is 5.75 Å². The van der Waals surface area contributed by atoms with E-state index < -0.39 is 0 Å². The summed E-state index contributed by atoms with van der Waals surface area (Å²) in [5, 5.41) is 12.6. The third-order valence-corrected chi connectivity index (χ3v) is 3.26. The number of phenolic OH excluding ortho intramolecular Hbond substituents is 1. The maximum atomic E-state index is 13.7. The number of benzene rings is 2. The van der Waals surface area contributed by atoms with Crippen molar-refractivity contribution in [2.75, 3.05) is 0 Å². The Morgan fingerprint density at radius 2 is 1.58 bits per heavy atom. The zero-order valence-corrected chi connectivity index (χ0v) is 11.1. The van der Waals surface area contributed by atoms with Crippen molar-refractivity contribution in [1.29, 1.82) is 0 Å². The molecule has 0 aromatic heterocycles. The molecule has 2 nitrogen and oxygen atoms in total. The molecule has 0 radical (unpaired) electrons. The minimum Gasteiger partial charge on any atom is -0.508 e. The van der Waals surface area contributed by atoms with Gasteiger partial charge in [0.2, 0.25) is 0 Å². The van der Waals surface area contributed by atoms with Crippen LogP contribution in [0.3, 0.4) is 0 Å². The van der Waals surface area contributed by atoms with Crippen LogP contribution >= 0.6 is 0 Å². The number of hydrogen-bond donors (Lipinski definition) is 2. The lowest BCUT2D eigenvalue weighted by atomic mass is 10.0. The highest BCUT2D eigenvalue weighted by molar-refractivity contribution is 5.28. The first-order chi connectivity index (χ1) is 9.08. The Hall–Kier alpha value is -1.87. The lowest BCUT2D eigenvalue weighted by molar-refractivity contribution is 0.467. The minimum absolute atomic E-state index is 0.0787. The van der Waals surface area contributed by atoms with Crippen LogP contribution in [-0.4, -0.2) is 5.11 Å². The second kappa shape index (κ2) is 5.85. The molecule has 0 aliphatic carbocycles. The van der Waals surface area contributed by atoms with Gasteiger partial charge in [-0.05, 0) is 37.6 Å². The van der Waals surface area contributed by atoms with Crippen molar-refractivity contribution in [2.45, 2.75) is 25.9 Å². The molecule has 2 atom stereocenters. The summed E-state index contributed by atoms with van der Waals surface area (Å²) in [5.41, 5.74) is 1.72. The van der Waals surface area contributed by atoms with E-state index in [9.17, 15) is 9.50 Å². The van der Waals surface area contributed by atoms with Gasteiger partial charge in [0.1, 0.15) is 11.6 Å². The molecular formula is C16H18FNO. The van der Waals surface area contributed by atoms with Crippen LogP contribution in [0.1, 0.15) is 37.1 Å². The summed E-state index contributed by atoms with van der Waals surface area (Å²) < 4.78 is 13.7. The molecule has 0 heterocycles. The van der Waals surface area contributed by atoms with Crippen LogP contribution in [0.15, 0.2) is 48.5 Å². The summed E-state index contributed by atoms with van der Waals surface area (Å²) >= 11 is 0. The van der Waals surface area contributed by atoms with Gasteiger partial charge in [-0.25, -0.2) is 4.39 Å². The first-order valence-electron chi connectivity index (χ1n) is 6.37. The smallest absolute Gasteiger partial charge is 0.127 e. The van der Waals surface area contributed by atoms with Gasteiger partial charge in [0, 0.05) is 17.6 Å². The first kappa shape index (κ1) is 13.6. The van der Waals surface area contributed by atoms with E-state index >= 15 is 0 Å². The quantitative estimate of drug-likeness (QED) is 0.871. The lowest BCUT2D eigenvalue weighted by Gasteiger charge is -2.21. The van der Waals surface area contributed by atoms with Gasteiger partial charge < -0.3 is 10.4 Å². The molecule has 0 amide bonds. The van der Waals surface area contributed by atoms with Crippen LogP contribution in [0, 0.1) is 5.82 Å². The van der Waals surface area contributed by atoms with E-state index in [-0.39, 0.29) is 23.7 Å². The van der Waals surface area contributed by atoms with Gasteiger partial charge in [-0.2, -0.15) is 0 Å². The molecule has 2 rings (SSSR count). The third-order valence-electron chi connectivity index (χ3n) is 3.26. The molecule has 0 aliphatic rings. The second-order valence-corrected chi connectivity index (χ2v) is 4.72. The van der Waals surface area contributed by atoms with Crippen molar-refractivity contribution >= 4 is 0 Å². The normalized spacial score (nSPS) is 14.1. The van der Waals surface area contributed by atoms with Gasteiger partial charge in [-0.3, -0.25) is 0 Å². The summed E-state index contributed by atoms with van der Waals surface area (Å²) in [6, 6.07) is 13.8. The van der Waals surface area contributed by atoms with Crippen LogP contribution in [-0.2, 0) is 0 Å². The SMILES string of the molecule is CC(N[C@H](C)c1ccccc1F)c1ccc(O)cc1. The van der Waals surface area contributed by atoms with Crippen molar-refractivity contribution in [3.63, 3.8) is 0 Å². The number of rotatable bonds is 4.